The topological polar surface area (TPSA) is 161 Å². The molecular weight excluding hydrogens is 771 g/mol. The van der Waals surface area contributed by atoms with Crippen molar-refractivity contribution in [3.63, 3.8) is 0 Å². The summed E-state index contributed by atoms with van der Waals surface area (Å²) in [6.45, 7) is 4.63. The standard InChI is InChI=1S/C47H85O11P/c1-4-5-6-7-8-16-20-23-28-33-44-45(58-44)34-29-25-26-30-35-46(50)54-39-43(40-56-59(52,53)55-38-42(49)37-48)57-47(51)36-31-24-21-18-15-13-11-9-10-12-14-17-19-22-27-32-41(2)3/h8,16,23,25,28-29,41-45,48-49H,4-7,9-15,17-22,24,26-27,30-40H2,1-3H3,(H,52,53)/b16-8-,28-23-,29-25-/t42-,43+,44?,45?/m0/s1. The summed E-state index contributed by atoms with van der Waals surface area (Å²) < 4.78 is 38.5. The van der Waals surface area contributed by atoms with Crippen molar-refractivity contribution in [2.24, 2.45) is 5.92 Å². The van der Waals surface area contributed by atoms with E-state index in [0.717, 1.165) is 50.9 Å². The number of phosphoric ester groups is 1. The zero-order chi connectivity index (χ0) is 43.2. The van der Waals surface area contributed by atoms with E-state index in [1.54, 1.807) is 0 Å². The van der Waals surface area contributed by atoms with E-state index in [1.165, 1.54) is 96.3 Å². The molecule has 1 heterocycles. The minimum Gasteiger partial charge on any atom is -0.462 e. The number of unbranched alkanes of at least 4 members (excludes halogenated alkanes) is 18. The van der Waals surface area contributed by atoms with Crippen LogP contribution >= 0.6 is 7.82 Å². The number of ether oxygens (including phenoxy) is 3. The Balaban J connectivity index is 2.26. The summed E-state index contributed by atoms with van der Waals surface area (Å²) in [5.74, 6) is -0.169. The van der Waals surface area contributed by atoms with Gasteiger partial charge in [-0.25, -0.2) is 4.57 Å². The van der Waals surface area contributed by atoms with Crippen LogP contribution in [0.15, 0.2) is 36.5 Å². The molecule has 0 amide bonds. The fourth-order valence-corrected chi connectivity index (χ4v) is 7.41. The van der Waals surface area contributed by atoms with Gasteiger partial charge in [0.1, 0.15) is 12.7 Å². The van der Waals surface area contributed by atoms with Gasteiger partial charge in [-0.2, -0.15) is 0 Å². The van der Waals surface area contributed by atoms with Crippen molar-refractivity contribution in [3.8, 4) is 0 Å². The molecule has 5 atom stereocenters. The van der Waals surface area contributed by atoms with Gasteiger partial charge >= 0.3 is 19.8 Å². The van der Waals surface area contributed by atoms with Crippen molar-refractivity contribution in [1.29, 1.82) is 0 Å². The number of phosphoric acid groups is 1. The number of esters is 2. The molecule has 12 heteroatoms. The van der Waals surface area contributed by atoms with E-state index in [0.29, 0.717) is 19.3 Å². The SMILES string of the molecule is CCCCC/C=C\C/C=C\CC1OC1C/C=C\CCCC(=O)OC[C@H](COP(=O)(O)OC[C@@H](O)CO)OC(=O)CCCCCCCCCCCCCCCCCC(C)C. The van der Waals surface area contributed by atoms with Crippen LogP contribution in [0.5, 0.6) is 0 Å². The second-order valence-electron chi connectivity index (χ2n) is 16.6. The van der Waals surface area contributed by atoms with Crippen LogP contribution < -0.4 is 0 Å². The first-order chi connectivity index (χ1) is 28.6. The highest BCUT2D eigenvalue weighted by Crippen LogP contribution is 2.43. The number of aliphatic hydroxyl groups is 2. The Morgan fingerprint density at radius 3 is 1.75 bits per heavy atom. The molecular formula is C47H85O11P. The number of carbonyl (C=O) groups is 2. The summed E-state index contributed by atoms with van der Waals surface area (Å²) in [6, 6.07) is 0. The summed E-state index contributed by atoms with van der Waals surface area (Å²) in [6.07, 6.45) is 40.0. The number of hydrogen-bond donors (Lipinski definition) is 3. The highest BCUT2D eigenvalue weighted by atomic mass is 31.2. The van der Waals surface area contributed by atoms with Gasteiger partial charge in [-0.05, 0) is 57.3 Å². The minimum atomic E-state index is -4.64. The molecule has 0 spiro atoms. The largest absolute Gasteiger partial charge is 0.472 e. The Kier molecular flexibility index (Phi) is 35.4. The summed E-state index contributed by atoms with van der Waals surface area (Å²) in [4.78, 5) is 35.1. The van der Waals surface area contributed by atoms with Crippen LogP contribution in [0, 0.1) is 5.92 Å². The Bertz CT molecular complexity index is 1160. The third kappa shape index (κ3) is 36.5. The predicted octanol–water partition coefficient (Wildman–Crippen LogP) is 11.6. The van der Waals surface area contributed by atoms with Gasteiger partial charge in [-0.15, -0.1) is 0 Å². The number of epoxide rings is 1. The molecule has 0 aromatic carbocycles. The molecule has 3 unspecified atom stereocenters. The quantitative estimate of drug-likeness (QED) is 0.0176. The number of rotatable bonds is 42. The Morgan fingerprint density at radius 2 is 1.15 bits per heavy atom. The zero-order valence-electron chi connectivity index (χ0n) is 37.3. The van der Waals surface area contributed by atoms with Crippen LogP contribution in [0.3, 0.4) is 0 Å². The summed E-state index contributed by atoms with van der Waals surface area (Å²) in [5.41, 5.74) is 0. The smallest absolute Gasteiger partial charge is 0.462 e. The third-order valence-corrected chi connectivity index (χ3v) is 11.3. The minimum absolute atomic E-state index is 0.158. The third-order valence-electron chi connectivity index (χ3n) is 10.4. The van der Waals surface area contributed by atoms with Crippen LogP contribution in [0.2, 0.25) is 0 Å². The van der Waals surface area contributed by atoms with E-state index in [-0.39, 0.29) is 31.7 Å². The molecule has 0 aromatic heterocycles. The molecule has 0 aliphatic carbocycles. The van der Waals surface area contributed by atoms with E-state index in [4.69, 9.17) is 28.4 Å². The van der Waals surface area contributed by atoms with Crippen LogP contribution in [-0.2, 0) is 37.4 Å². The zero-order valence-corrected chi connectivity index (χ0v) is 38.2. The van der Waals surface area contributed by atoms with E-state index in [2.05, 4.69) is 51.2 Å². The van der Waals surface area contributed by atoms with Crippen molar-refractivity contribution in [1.82, 2.24) is 0 Å². The van der Waals surface area contributed by atoms with Gasteiger partial charge in [0.15, 0.2) is 6.10 Å². The van der Waals surface area contributed by atoms with Gasteiger partial charge in [-0.3, -0.25) is 18.6 Å². The molecule has 1 rings (SSSR count). The Labute approximate surface area is 358 Å². The second kappa shape index (κ2) is 37.9. The second-order valence-corrected chi connectivity index (χ2v) is 18.1. The lowest BCUT2D eigenvalue weighted by molar-refractivity contribution is -0.161. The molecule has 344 valence electrons. The first-order valence-electron chi connectivity index (χ1n) is 23.4. The van der Waals surface area contributed by atoms with Crippen LogP contribution in [-0.4, -0.2) is 77.9 Å². The van der Waals surface area contributed by atoms with Gasteiger partial charge < -0.3 is 29.3 Å². The molecule has 11 nitrogen and oxygen atoms in total. The lowest BCUT2D eigenvalue weighted by Gasteiger charge is -2.20. The maximum atomic E-state index is 12.7. The number of allylic oxidation sites excluding steroid dienone is 4. The van der Waals surface area contributed by atoms with E-state index >= 15 is 0 Å². The highest BCUT2D eigenvalue weighted by Gasteiger charge is 2.36. The molecule has 1 fully saturated rings. The number of aliphatic hydroxyl groups excluding tert-OH is 2. The molecule has 0 bridgehead atoms. The van der Waals surface area contributed by atoms with Crippen molar-refractivity contribution >= 4 is 19.8 Å². The molecule has 0 aromatic rings. The Morgan fingerprint density at radius 1 is 0.644 bits per heavy atom. The van der Waals surface area contributed by atoms with Crippen molar-refractivity contribution in [2.45, 2.75) is 219 Å². The van der Waals surface area contributed by atoms with Crippen LogP contribution in [0.4, 0.5) is 0 Å². The van der Waals surface area contributed by atoms with Gasteiger partial charge in [0.2, 0.25) is 0 Å². The van der Waals surface area contributed by atoms with Gasteiger partial charge in [0.05, 0.1) is 32.0 Å². The highest BCUT2D eigenvalue weighted by molar-refractivity contribution is 7.47. The molecule has 1 aliphatic heterocycles. The van der Waals surface area contributed by atoms with Gasteiger partial charge in [0.25, 0.3) is 0 Å². The fourth-order valence-electron chi connectivity index (χ4n) is 6.62. The molecule has 1 saturated heterocycles. The monoisotopic (exact) mass is 857 g/mol. The maximum Gasteiger partial charge on any atom is 0.472 e. The molecule has 1 aliphatic rings. The lowest BCUT2D eigenvalue weighted by atomic mass is 10.0. The average Bonchev–Trinajstić information content (AvgIpc) is 3.97. The first kappa shape index (κ1) is 55.2. The Hall–Kier alpha value is -1.85. The normalized spacial score (nSPS) is 17.6. The lowest BCUT2D eigenvalue weighted by Crippen LogP contribution is -2.29. The van der Waals surface area contributed by atoms with E-state index < -0.39 is 51.8 Å². The molecule has 0 radical (unpaired) electrons. The van der Waals surface area contributed by atoms with E-state index in [1.807, 2.05) is 6.08 Å². The van der Waals surface area contributed by atoms with E-state index in [9.17, 15) is 24.2 Å². The number of hydrogen-bond acceptors (Lipinski definition) is 10. The van der Waals surface area contributed by atoms with Crippen molar-refractivity contribution in [3.05, 3.63) is 36.5 Å². The van der Waals surface area contributed by atoms with Crippen LogP contribution in [0.25, 0.3) is 0 Å². The van der Waals surface area contributed by atoms with Crippen molar-refractivity contribution in [2.75, 3.05) is 26.4 Å². The summed E-state index contributed by atoms with van der Waals surface area (Å²) >= 11 is 0. The molecule has 0 saturated carbocycles. The predicted molar refractivity (Wildman–Crippen MR) is 237 cm³/mol. The van der Waals surface area contributed by atoms with Gasteiger partial charge in [-0.1, -0.05) is 166 Å². The maximum absolute atomic E-state index is 12.7. The summed E-state index contributed by atoms with van der Waals surface area (Å²) in [5, 5.41) is 18.4. The fraction of sp³-hybridized carbons (Fsp3) is 0.830. The molecule has 59 heavy (non-hydrogen) atoms. The van der Waals surface area contributed by atoms with Crippen LogP contribution in [0.1, 0.15) is 194 Å². The average molecular weight is 857 g/mol. The summed E-state index contributed by atoms with van der Waals surface area (Å²) in [7, 11) is -4.64. The molecule has 3 N–H and O–H groups in total. The van der Waals surface area contributed by atoms with Gasteiger partial charge in [0, 0.05) is 12.8 Å². The van der Waals surface area contributed by atoms with Crippen molar-refractivity contribution < 1.29 is 52.5 Å². The number of carbonyl (C=O) groups excluding carboxylic acids is 2. The first-order valence-corrected chi connectivity index (χ1v) is 24.9.